The van der Waals surface area contributed by atoms with Crippen LogP contribution in [0, 0.1) is 5.41 Å². The number of carbonyl (C=O) groups is 1. The fourth-order valence-electron chi connectivity index (χ4n) is 3.72. The highest BCUT2D eigenvalue weighted by atomic mass is 35.5. The molecular weight excluding hydrogens is 370 g/mol. The highest BCUT2D eigenvalue weighted by Crippen LogP contribution is 2.37. The summed E-state index contributed by atoms with van der Waals surface area (Å²) in [5.74, 6) is -0.520. The first-order valence-electron chi connectivity index (χ1n) is 8.85. The smallest absolute Gasteiger partial charge is 0.343 e. The standard InChI is InChI=1S/C19H24ClN3O4/c1-22(2)11-19(12-24)7-9-23(10-8-19)17-15(18(25)26)16(27-21-17)13-3-5-14(20)6-4-13/h3-6,24H,7-12H2,1-2H3,(H,25,26). The number of aromatic carboxylic acids is 1. The number of hydrogen-bond acceptors (Lipinski definition) is 6. The molecule has 2 aromatic rings. The molecule has 146 valence electrons. The summed E-state index contributed by atoms with van der Waals surface area (Å²) in [7, 11) is 3.98. The Kier molecular flexibility index (Phi) is 5.74. The molecule has 1 aromatic carbocycles. The molecule has 1 saturated heterocycles. The van der Waals surface area contributed by atoms with Crippen molar-refractivity contribution in [2.75, 3.05) is 45.2 Å². The molecule has 7 nitrogen and oxygen atoms in total. The van der Waals surface area contributed by atoms with Gasteiger partial charge >= 0.3 is 5.97 Å². The maximum atomic E-state index is 11.9. The third-order valence-corrected chi connectivity index (χ3v) is 5.36. The van der Waals surface area contributed by atoms with Gasteiger partial charge in [-0.15, -0.1) is 0 Å². The first kappa shape index (κ1) is 19.7. The lowest BCUT2D eigenvalue weighted by Gasteiger charge is -2.42. The minimum atomic E-state index is -1.08. The van der Waals surface area contributed by atoms with Gasteiger partial charge in [0.15, 0.2) is 17.1 Å². The Labute approximate surface area is 163 Å². The molecule has 2 N–H and O–H groups in total. The number of aliphatic hydroxyl groups excluding tert-OH is 1. The molecule has 0 radical (unpaired) electrons. The van der Waals surface area contributed by atoms with Crippen LogP contribution in [0.5, 0.6) is 0 Å². The number of piperidine rings is 1. The van der Waals surface area contributed by atoms with Gasteiger partial charge in [0.25, 0.3) is 0 Å². The molecule has 0 amide bonds. The molecule has 0 bridgehead atoms. The quantitative estimate of drug-likeness (QED) is 0.779. The Bertz CT molecular complexity index is 796. The molecule has 0 saturated carbocycles. The van der Waals surface area contributed by atoms with E-state index in [9.17, 15) is 15.0 Å². The highest BCUT2D eigenvalue weighted by Gasteiger charge is 2.37. The Hall–Kier alpha value is -2.09. The number of halogens is 1. The number of carboxylic acid groups (broad SMARTS) is 1. The van der Waals surface area contributed by atoms with E-state index in [1.54, 1.807) is 24.3 Å². The van der Waals surface area contributed by atoms with E-state index in [0.29, 0.717) is 29.5 Å². The molecular formula is C19H24ClN3O4. The molecule has 2 heterocycles. The van der Waals surface area contributed by atoms with Crippen LogP contribution in [-0.4, -0.2) is 66.6 Å². The first-order valence-corrected chi connectivity index (χ1v) is 9.22. The van der Waals surface area contributed by atoms with Gasteiger partial charge in [-0.2, -0.15) is 0 Å². The summed E-state index contributed by atoms with van der Waals surface area (Å²) in [6.07, 6.45) is 1.51. The van der Waals surface area contributed by atoms with Crippen LogP contribution in [0.4, 0.5) is 5.82 Å². The van der Waals surface area contributed by atoms with Gasteiger partial charge in [-0.25, -0.2) is 4.79 Å². The van der Waals surface area contributed by atoms with Gasteiger partial charge in [0, 0.05) is 35.6 Å². The van der Waals surface area contributed by atoms with Crippen LogP contribution >= 0.6 is 11.6 Å². The summed E-state index contributed by atoms with van der Waals surface area (Å²) in [5.41, 5.74) is 0.498. The third kappa shape index (κ3) is 4.10. The highest BCUT2D eigenvalue weighted by molar-refractivity contribution is 6.30. The van der Waals surface area contributed by atoms with Gasteiger partial charge in [-0.3, -0.25) is 0 Å². The molecule has 1 aromatic heterocycles. The second-order valence-corrected chi connectivity index (χ2v) is 7.84. The lowest BCUT2D eigenvalue weighted by Crippen LogP contribution is -2.47. The van der Waals surface area contributed by atoms with E-state index in [-0.39, 0.29) is 23.3 Å². The van der Waals surface area contributed by atoms with E-state index in [4.69, 9.17) is 16.1 Å². The normalized spacial score (nSPS) is 16.7. The average molecular weight is 394 g/mol. The third-order valence-electron chi connectivity index (χ3n) is 5.11. The maximum absolute atomic E-state index is 11.9. The van der Waals surface area contributed by atoms with Crippen LogP contribution < -0.4 is 4.90 Å². The minimum Gasteiger partial charge on any atom is -0.477 e. The molecule has 8 heteroatoms. The van der Waals surface area contributed by atoms with Gasteiger partial charge in [-0.1, -0.05) is 16.8 Å². The van der Waals surface area contributed by atoms with Crippen molar-refractivity contribution in [1.29, 1.82) is 0 Å². The van der Waals surface area contributed by atoms with Crippen molar-refractivity contribution in [2.45, 2.75) is 12.8 Å². The summed E-state index contributed by atoms with van der Waals surface area (Å²) < 4.78 is 5.41. The number of benzene rings is 1. The number of aromatic nitrogens is 1. The van der Waals surface area contributed by atoms with Crippen molar-refractivity contribution < 1.29 is 19.5 Å². The van der Waals surface area contributed by atoms with Crippen molar-refractivity contribution in [3.8, 4) is 11.3 Å². The van der Waals surface area contributed by atoms with Gasteiger partial charge in [0.05, 0.1) is 6.61 Å². The van der Waals surface area contributed by atoms with E-state index >= 15 is 0 Å². The number of anilines is 1. The van der Waals surface area contributed by atoms with Gasteiger partial charge in [0.1, 0.15) is 0 Å². The Balaban J connectivity index is 1.86. The molecule has 0 unspecified atom stereocenters. The summed E-state index contributed by atoms with van der Waals surface area (Å²) in [5, 5.41) is 24.3. The minimum absolute atomic E-state index is 0.0569. The first-order chi connectivity index (χ1) is 12.8. The lowest BCUT2D eigenvalue weighted by atomic mass is 9.78. The van der Waals surface area contributed by atoms with Gasteiger partial charge in [-0.05, 0) is 51.2 Å². The zero-order valence-electron chi connectivity index (χ0n) is 15.5. The molecule has 0 aliphatic carbocycles. The van der Waals surface area contributed by atoms with Crippen LogP contribution in [0.25, 0.3) is 11.3 Å². The molecule has 27 heavy (non-hydrogen) atoms. The molecule has 1 aliphatic heterocycles. The maximum Gasteiger partial charge on any atom is 0.343 e. The summed E-state index contributed by atoms with van der Waals surface area (Å²) in [6, 6.07) is 6.79. The zero-order chi connectivity index (χ0) is 19.6. The molecule has 0 spiro atoms. The molecule has 0 atom stereocenters. The molecule has 3 rings (SSSR count). The lowest BCUT2D eigenvalue weighted by molar-refractivity contribution is 0.0666. The summed E-state index contributed by atoms with van der Waals surface area (Å²) in [4.78, 5) is 15.9. The molecule has 1 aliphatic rings. The number of aliphatic hydroxyl groups is 1. The number of hydrogen-bond donors (Lipinski definition) is 2. The summed E-state index contributed by atoms with van der Waals surface area (Å²) in [6.45, 7) is 2.13. The van der Waals surface area contributed by atoms with Crippen molar-refractivity contribution >= 4 is 23.4 Å². The van der Waals surface area contributed by atoms with Crippen LogP contribution in [-0.2, 0) is 0 Å². The van der Waals surface area contributed by atoms with E-state index in [0.717, 1.165) is 19.4 Å². The molecule has 1 fully saturated rings. The van der Waals surface area contributed by atoms with E-state index in [2.05, 4.69) is 10.1 Å². The SMILES string of the molecule is CN(C)CC1(CO)CCN(c2noc(-c3ccc(Cl)cc3)c2C(=O)O)CC1. The fourth-order valence-corrected chi connectivity index (χ4v) is 3.84. The second-order valence-electron chi connectivity index (χ2n) is 7.41. The van der Waals surface area contributed by atoms with Crippen molar-refractivity contribution in [3.63, 3.8) is 0 Å². The number of nitrogens with zero attached hydrogens (tertiary/aromatic N) is 3. The van der Waals surface area contributed by atoms with E-state index < -0.39 is 5.97 Å². The topological polar surface area (TPSA) is 90.0 Å². The van der Waals surface area contributed by atoms with Crippen LogP contribution in [0.3, 0.4) is 0 Å². The Morgan fingerprint density at radius 2 is 1.93 bits per heavy atom. The van der Waals surface area contributed by atoms with E-state index in [1.165, 1.54) is 0 Å². The fraction of sp³-hybridized carbons (Fsp3) is 0.474. The Morgan fingerprint density at radius 1 is 1.30 bits per heavy atom. The van der Waals surface area contributed by atoms with Crippen LogP contribution in [0.1, 0.15) is 23.2 Å². The predicted molar refractivity (Wildman–Crippen MR) is 103 cm³/mol. The number of rotatable bonds is 6. The number of carboxylic acids is 1. The zero-order valence-corrected chi connectivity index (χ0v) is 16.2. The van der Waals surface area contributed by atoms with Crippen molar-refractivity contribution in [3.05, 3.63) is 34.9 Å². The second kappa shape index (κ2) is 7.88. The Morgan fingerprint density at radius 3 is 2.44 bits per heavy atom. The van der Waals surface area contributed by atoms with Crippen molar-refractivity contribution in [1.82, 2.24) is 10.1 Å². The van der Waals surface area contributed by atoms with E-state index in [1.807, 2.05) is 19.0 Å². The van der Waals surface area contributed by atoms with Gasteiger partial charge in [0.2, 0.25) is 0 Å². The van der Waals surface area contributed by atoms with Crippen molar-refractivity contribution in [2.24, 2.45) is 5.41 Å². The summed E-state index contributed by atoms with van der Waals surface area (Å²) >= 11 is 5.91. The monoisotopic (exact) mass is 393 g/mol. The predicted octanol–water partition coefficient (Wildman–Crippen LogP) is 2.83. The van der Waals surface area contributed by atoms with Crippen LogP contribution in [0.2, 0.25) is 5.02 Å². The average Bonchev–Trinajstić information content (AvgIpc) is 3.07. The van der Waals surface area contributed by atoms with Crippen LogP contribution in [0.15, 0.2) is 28.8 Å². The van der Waals surface area contributed by atoms with Gasteiger partial charge < -0.3 is 24.5 Å². The largest absolute Gasteiger partial charge is 0.477 e.